The number of hydrogen-bond donors (Lipinski definition) is 0. The van der Waals surface area contributed by atoms with Crippen LogP contribution in [0.25, 0.3) is 0 Å². The highest BCUT2D eigenvalue weighted by molar-refractivity contribution is 8.76. The molecule has 168 valence electrons. The van der Waals surface area contributed by atoms with Crippen molar-refractivity contribution >= 4 is 36.5 Å². The highest BCUT2D eigenvalue weighted by Crippen LogP contribution is 2.45. The average Bonchev–Trinajstić information content (AvgIpc) is 2.64. The fourth-order valence-electron chi connectivity index (χ4n) is 2.74. The Hall–Kier alpha value is 0.520. The van der Waals surface area contributed by atoms with Crippen LogP contribution in [0.4, 0.5) is 0 Å². The molecule has 28 heavy (non-hydrogen) atoms. The van der Waals surface area contributed by atoms with Gasteiger partial charge in [0.05, 0.1) is 6.61 Å². The molecule has 0 N–H and O–H groups in total. The number of rotatable bonds is 20. The van der Waals surface area contributed by atoms with E-state index in [-0.39, 0.29) is 0 Å². The highest BCUT2D eigenvalue weighted by Gasteiger charge is 2.27. The quantitative estimate of drug-likeness (QED) is 0.0616. The molecular formula is C21H45N2O2PS2. The summed E-state index contributed by atoms with van der Waals surface area (Å²) in [7, 11) is 3.03. The Kier molecular flexibility index (Phi) is 21.2. The van der Waals surface area contributed by atoms with E-state index in [1.54, 1.807) is 6.40 Å². The Labute approximate surface area is 184 Å². The number of unbranched alkanes of at least 4 members (excludes halogenated alkanes) is 6. The minimum Gasteiger partial charge on any atom is -0.425 e. The molecule has 1 atom stereocenters. The Bertz CT molecular complexity index is 353. The lowest BCUT2D eigenvalue weighted by Gasteiger charge is -2.34. The van der Waals surface area contributed by atoms with Crippen LogP contribution in [0, 0.1) is 0 Å². The molecule has 0 aliphatic carbocycles. The van der Waals surface area contributed by atoms with E-state index in [0.29, 0.717) is 12.1 Å². The van der Waals surface area contributed by atoms with E-state index in [2.05, 4.69) is 55.1 Å². The summed E-state index contributed by atoms with van der Waals surface area (Å²) in [6.45, 7) is 14.6. The molecule has 0 amide bonds. The van der Waals surface area contributed by atoms with E-state index in [0.717, 1.165) is 19.6 Å². The molecular weight excluding hydrogens is 407 g/mol. The van der Waals surface area contributed by atoms with Crippen LogP contribution < -0.4 is 0 Å². The molecule has 0 aromatic rings. The summed E-state index contributed by atoms with van der Waals surface area (Å²) in [4.78, 5) is 4.18. The first-order valence-corrected chi connectivity index (χ1v) is 14.8. The first-order chi connectivity index (χ1) is 13.5. The van der Waals surface area contributed by atoms with E-state index >= 15 is 0 Å². The second kappa shape index (κ2) is 20.8. The second-order valence-corrected chi connectivity index (χ2v) is 11.6. The van der Waals surface area contributed by atoms with Crippen molar-refractivity contribution in [2.45, 2.75) is 105 Å². The molecule has 0 aromatic carbocycles. The lowest BCUT2D eigenvalue weighted by atomic mass is 10.2. The molecule has 0 bridgehead atoms. The van der Waals surface area contributed by atoms with Crippen LogP contribution >= 0.6 is 30.1 Å². The third-order valence-electron chi connectivity index (χ3n) is 4.13. The van der Waals surface area contributed by atoms with Crippen LogP contribution in [-0.4, -0.2) is 47.8 Å². The van der Waals surface area contributed by atoms with Gasteiger partial charge < -0.3 is 9.05 Å². The van der Waals surface area contributed by atoms with Gasteiger partial charge in [0.25, 0.3) is 0 Å². The monoisotopic (exact) mass is 452 g/mol. The van der Waals surface area contributed by atoms with E-state index in [9.17, 15) is 0 Å². The SMILES string of the molecule is CCCCCCSSCCCCCCOP(OC=NCC)N(C(C)C)C(C)C. The fraction of sp³-hybridized carbons (Fsp3) is 0.952. The van der Waals surface area contributed by atoms with Crippen LogP contribution in [-0.2, 0) is 9.05 Å². The molecule has 0 heterocycles. The maximum absolute atomic E-state index is 6.13. The minimum atomic E-state index is -1.08. The second-order valence-electron chi connectivity index (χ2n) is 7.47. The molecule has 1 unspecified atom stereocenters. The van der Waals surface area contributed by atoms with Crippen molar-refractivity contribution in [3.8, 4) is 0 Å². The van der Waals surface area contributed by atoms with Crippen LogP contribution in [0.15, 0.2) is 4.99 Å². The Morgan fingerprint density at radius 2 is 1.43 bits per heavy atom. The Balaban J connectivity index is 3.85. The van der Waals surface area contributed by atoms with E-state index in [4.69, 9.17) is 9.05 Å². The molecule has 0 aromatic heterocycles. The van der Waals surface area contributed by atoms with Gasteiger partial charge in [-0.3, -0.25) is 4.99 Å². The molecule has 0 aliphatic rings. The molecule has 0 fully saturated rings. The molecule has 0 radical (unpaired) electrons. The summed E-state index contributed by atoms with van der Waals surface area (Å²) in [5, 5.41) is 0. The molecule has 0 saturated heterocycles. The summed E-state index contributed by atoms with van der Waals surface area (Å²) in [6.07, 6.45) is 12.0. The molecule has 0 saturated carbocycles. The van der Waals surface area contributed by atoms with E-state index < -0.39 is 8.53 Å². The van der Waals surface area contributed by atoms with E-state index in [1.165, 1.54) is 56.5 Å². The summed E-state index contributed by atoms with van der Waals surface area (Å²) in [6, 6.07) is 0.773. The zero-order chi connectivity index (χ0) is 21.0. The maximum atomic E-state index is 6.13. The van der Waals surface area contributed by atoms with Gasteiger partial charge in [0.15, 0.2) is 6.40 Å². The fourth-order valence-corrected chi connectivity index (χ4v) is 6.52. The van der Waals surface area contributed by atoms with Gasteiger partial charge in [0.2, 0.25) is 0 Å². The Morgan fingerprint density at radius 1 is 0.857 bits per heavy atom. The molecule has 0 aliphatic heterocycles. The lowest BCUT2D eigenvalue weighted by Crippen LogP contribution is -2.33. The third kappa shape index (κ3) is 16.3. The van der Waals surface area contributed by atoms with Crippen LogP contribution in [0.1, 0.15) is 92.9 Å². The largest absolute Gasteiger partial charge is 0.425 e. The van der Waals surface area contributed by atoms with Crippen LogP contribution in [0.2, 0.25) is 0 Å². The Morgan fingerprint density at radius 3 is 1.96 bits per heavy atom. The van der Waals surface area contributed by atoms with Gasteiger partial charge in [0.1, 0.15) is 0 Å². The average molecular weight is 453 g/mol. The third-order valence-corrected chi connectivity index (χ3v) is 8.69. The molecule has 0 rings (SSSR count). The number of nitrogens with zero attached hydrogens (tertiary/aromatic N) is 2. The topological polar surface area (TPSA) is 34.1 Å². The first kappa shape index (κ1) is 28.5. The highest BCUT2D eigenvalue weighted by atomic mass is 33.1. The zero-order valence-electron chi connectivity index (χ0n) is 19.2. The van der Waals surface area contributed by atoms with E-state index in [1.807, 2.05) is 17.7 Å². The molecule has 7 heteroatoms. The van der Waals surface area contributed by atoms with Gasteiger partial charge in [-0.1, -0.05) is 60.6 Å². The maximum Gasteiger partial charge on any atom is 0.322 e. The standard InChI is InChI=1S/C21H45N2O2PS2/c1-7-9-10-14-17-27-28-18-15-12-11-13-16-24-26(25-19-22-8-2)23(20(3)4)21(5)6/h19-21H,7-18H2,1-6H3. The van der Waals surface area contributed by atoms with Crippen LogP contribution in [0.5, 0.6) is 0 Å². The zero-order valence-corrected chi connectivity index (χ0v) is 21.7. The van der Waals surface area contributed by atoms with Crippen molar-refractivity contribution in [3.05, 3.63) is 0 Å². The van der Waals surface area contributed by atoms with Crippen molar-refractivity contribution in [2.75, 3.05) is 24.7 Å². The predicted octanol–water partition coefficient (Wildman–Crippen LogP) is 7.94. The van der Waals surface area contributed by atoms with Gasteiger partial charge in [-0.15, -0.1) is 0 Å². The smallest absolute Gasteiger partial charge is 0.322 e. The van der Waals surface area contributed by atoms with Crippen molar-refractivity contribution in [2.24, 2.45) is 4.99 Å². The van der Waals surface area contributed by atoms with Gasteiger partial charge in [0, 0.05) is 30.1 Å². The summed E-state index contributed by atoms with van der Waals surface area (Å²) in [5.74, 6) is 2.59. The van der Waals surface area contributed by atoms with Crippen molar-refractivity contribution in [1.29, 1.82) is 0 Å². The van der Waals surface area contributed by atoms with Gasteiger partial charge >= 0.3 is 8.53 Å². The summed E-state index contributed by atoms with van der Waals surface area (Å²) >= 11 is 0. The number of hydrogen-bond acceptors (Lipinski definition) is 6. The van der Waals surface area contributed by atoms with Gasteiger partial charge in [-0.2, -0.15) is 0 Å². The normalized spacial score (nSPS) is 13.3. The lowest BCUT2D eigenvalue weighted by molar-refractivity contribution is 0.213. The van der Waals surface area contributed by atoms with Gasteiger partial charge in [-0.05, 0) is 53.9 Å². The van der Waals surface area contributed by atoms with Crippen molar-refractivity contribution in [1.82, 2.24) is 4.67 Å². The van der Waals surface area contributed by atoms with Crippen LogP contribution in [0.3, 0.4) is 0 Å². The van der Waals surface area contributed by atoms with Crippen molar-refractivity contribution in [3.63, 3.8) is 0 Å². The molecule has 0 spiro atoms. The predicted molar refractivity (Wildman–Crippen MR) is 133 cm³/mol. The summed E-state index contributed by atoms with van der Waals surface area (Å²) < 4.78 is 14.3. The summed E-state index contributed by atoms with van der Waals surface area (Å²) in [5.41, 5.74) is 0. The number of aliphatic imine (C=N–C) groups is 1. The van der Waals surface area contributed by atoms with Gasteiger partial charge in [-0.25, -0.2) is 4.67 Å². The minimum absolute atomic E-state index is 0.387. The molecule has 4 nitrogen and oxygen atoms in total. The van der Waals surface area contributed by atoms with Crippen molar-refractivity contribution < 1.29 is 9.05 Å². The first-order valence-electron chi connectivity index (χ1n) is 11.1.